The average Bonchev–Trinajstić information content (AvgIpc) is 2.29. The number of carbonyl (C=O) groups excluding carboxylic acids is 2. The number of hydrogen-bond donors (Lipinski definition) is 1. The molecule has 6 heteroatoms. The second-order valence-corrected chi connectivity index (χ2v) is 3.23. The first kappa shape index (κ1) is 11.9. The number of rotatable bonds is 3. The van der Waals surface area contributed by atoms with Crippen LogP contribution in [0.15, 0.2) is 0 Å². The third-order valence-electron chi connectivity index (χ3n) is 2.20. The quantitative estimate of drug-likeness (QED) is 0.599. The number of aliphatic hydroxyl groups is 1. The number of nitrogens with zero attached hydrogens (tertiary/aromatic N) is 1. The fourth-order valence-corrected chi connectivity index (χ4v) is 1.32. The van der Waals surface area contributed by atoms with Gasteiger partial charge in [-0.2, -0.15) is 0 Å². The maximum absolute atomic E-state index is 11.6. The second kappa shape index (κ2) is 5.67. The summed E-state index contributed by atoms with van der Waals surface area (Å²) in [6, 6.07) is 0. The van der Waals surface area contributed by atoms with Crippen LogP contribution in [0.4, 0.5) is 0 Å². The van der Waals surface area contributed by atoms with Gasteiger partial charge in [0, 0.05) is 13.1 Å². The van der Waals surface area contributed by atoms with Crippen LogP contribution in [0.5, 0.6) is 0 Å². The van der Waals surface area contributed by atoms with Crippen molar-refractivity contribution >= 4 is 11.9 Å². The van der Waals surface area contributed by atoms with E-state index in [-0.39, 0.29) is 6.42 Å². The first-order valence-electron chi connectivity index (χ1n) is 4.76. The molecule has 1 atom stereocenters. The van der Waals surface area contributed by atoms with Crippen LogP contribution in [0.25, 0.3) is 0 Å². The van der Waals surface area contributed by atoms with Gasteiger partial charge in [-0.3, -0.25) is 9.59 Å². The Hall–Kier alpha value is -1.14. The predicted octanol–water partition coefficient (Wildman–Crippen LogP) is -1.23. The van der Waals surface area contributed by atoms with Gasteiger partial charge in [0.15, 0.2) is 0 Å². The van der Waals surface area contributed by atoms with E-state index in [4.69, 9.17) is 4.74 Å². The molecule has 1 heterocycles. The molecule has 15 heavy (non-hydrogen) atoms. The first-order chi connectivity index (χ1) is 7.15. The van der Waals surface area contributed by atoms with Crippen LogP contribution in [-0.4, -0.2) is 61.4 Å². The van der Waals surface area contributed by atoms with E-state index in [1.807, 2.05) is 0 Å². The molecule has 0 bridgehead atoms. The first-order valence-corrected chi connectivity index (χ1v) is 4.76. The molecule has 1 unspecified atom stereocenters. The molecule has 0 spiro atoms. The molecule has 1 saturated heterocycles. The van der Waals surface area contributed by atoms with Crippen molar-refractivity contribution in [2.75, 3.05) is 33.4 Å². The molecule has 1 aliphatic rings. The maximum Gasteiger partial charge on any atom is 0.308 e. The molecule has 1 fully saturated rings. The van der Waals surface area contributed by atoms with E-state index in [1.54, 1.807) is 0 Å². The van der Waals surface area contributed by atoms with Crippen LogP contribution < -0.4 is 0 Å². The molecule has 0 aliphatic carbocycles. The predicted molar refractivity (Wildman–Crippen MR) is 50.0 cm³/mol. The van der Waals surface area contributed by atoms with Crippen molar-refractivity contribution in [1.29, 1.82) is 0 Å². The highest BCUT2D eigenvalue weighted by Gasteiger charge is 2.25. The number of carbonyl (C=O) groups is 2. The Morgan fingerprint density at radius 1 is 1.47 bits per heavy atom. The monoisotopic (exact) mass is 217 g/mol. The van der Waals surface area contributed by atoms with Crippen LogP contribution >= 0.6 is 0 Å². The molecule has 1 N–H and O–H groups in total. The van der Waals surface area contributed by atoms with Crippen molar-refractivity contribution in [2.24, 2.45) is 0 Å². The van der Waals surface area contributed by atoms with Crippen molar-refractivity contribution < 1.29 is 24.2 Å². The molecular weight excluding hydrogens is 202 g/mol. The zero-order valence-electron chi connectivity index (χ0n) is 8.64. The van der Waals surface area contributed by atoms with E-state index in [9.17, 15) is 14.7 Å². The molecule has 0 aromatic rings. The van der Waals surface area contributed by atoms with Gasteiger partial charge >= 0.3 is 5.97 Å². The van der Waals surface area contributed by atoms with Gasteiger partial charge in [0.2, 0.25) is 0 Å². The van der Waals surface area contributed by atoms with Crippen molar-refractivity contribution in [1.82, 2.24) is 4.90 Å². The molecule has 0 aromatic carbocycles. The number of aliphatic hydroxyl groups excluding tert-OH is 1. The number of amides is 1. The van der Waals surface area contributed by atoms with Gasteiger partial charge in [0.25, 0.3) is 5.91 Å². The van der Waals surface area contributed by atoms with E-state index >= 15 is 0 Å². The lowest BCUT2D eigenvalue weighted by Crippen LogP contribution is -2.46. The fourth-order valence-electron chi connectivity index (χ4n) is 1.32. The number of ether oxygens (including phenoxy) is 2. The Labute approximate surface area is 87.8 Å². The molecule has 6 nitrogen and oxygen atoms in total. The highest BCUT2D eigenvalue weighted by Crippen LogP contribution is 2.04. The fraction of sp³-hybridized carbons (Fsp3) is 0.778. The Bertz CT molecular complexity index is 237. The molecule has 1 amide bonds. The lowest BCUT2D eigenvalue weighted by molar-refractivity contribution is -0.152. The van der Waals surface area contributed by atoms with Gasteiger partial charge < -0.3 is 19.5 Å². The summed E-state index contributed by atoms with van der Waals surface area (Å²) < 4.78 is 9.43. The van der Waals surface area contributed by atoms with Gasteiger partial charge in [-0.25, -0.2) is 0 Å². The zero-order chi connectivity index (χ0) is 11.3. The van der Waals surface area contributed by atoms with Gasteiger partial charge in [-0.1, -0.05) is 0 Å². The summed E-state index contributed by atoms with van der Waals surface area (Å²) >= 11 is 0. The van der Waals surface area contributed by atoms with Gasteiger partial charge in [0.05, 0.1) is 26.7 Å². The Morgan fingerprint density at radius 3 is 2.60 bits per heavy atom. The van der Waals surface area contributed by atoms with Crippen LogP contribution in [0.1, 0.15) is 6.42 Å². The standard InChI is InChI=1S/C9H15NO5/c1-14-8(12)6-7(11)9(13)10-2-4-15-5-3-10/h7,11H,2-6H2,1H3. The minimum absolute atomic E-state index is 0.299. The smallest absolute Gasteiger partial charge is 0.308 e. The lowest BCUT2D eigenvalue weighted by atomic mass is 10.2. The summed E-state index contributed by atoms with van der Waals surface area (Å²) in [7, 11) is 1.22. The second-order valence-electron chi connectivity index (χ2n) is 3.23. The van der Waals surface area contributed by atoms with E-state index in [1.165, 1.54) is 12.0 Å². The van der Waals surface area contributed by atoms with Crippen LogP contribution in [0.2, 0.25) is 0 Å². The minimum Gasteiger partial charge on any atom is -0.469 e. The normalized spacial score (nSPS) is 18.4. The largest absolute Gasteiger partial charge is 0.469 e. The SMILES string of the molecule is COC(=O)CC(O)C(=O)N1CCOCC1. The average molecular weight is 217 g/mol. The summed E-state index contributed by atoms with van der Waals surface area (Å²) in [5.74, 6) is -1.03. The van der Waals surface area contributed by atoms with Crippen LogP contribution in [0, 0.1) is 0 Å². The van der Waals surface area contributed by atoms with Gasteiger partial charge in [-0.15, -0.1) is 0 Å². The Morgan fingerprint density at radius 2 is 2.07 bits per heavy atom. The van der Waals surface area contributed by atoms with Crippen LogP contribution in [0.3, 0.4) is 0 Å². The van der Waals surface area contributed by atoms with Crippen molar-refractivity contribution in [2.45, 2.75) is 12.5 Å². The molecule has 0 radical (unpaired) electrons. The molecule has 86 valence electrons. The Kier molecular flexibility index (Phi) is 4.51. The highest BCUT2D eigenvalue weighted by atomic mass is 16.5. The summed E-state index contributed by atoms with van der Waals surface area (Å²) in [5.41, 5.74) is 0. The molecule has 1 rings (SSSR count). The number of esters is 1. The number of hydrogen-bond acceptors (Lipinski definition) is 5. The molecule has 0 aromatic heterocycles. The Balaban J connectivity index is 2.40. The highest BCUT2D eigenvalue weighted by molar-refractivity contribution is 5.85. The third kappa shape index (κ3) is 3.49. The van der Waals surface area contributed by atoms with Crippen molar-refractivity contribution in [3.05, 3.63) is 0 Å². The van der Waals surface area contributed by atoms with Gasteiger partial charge in [0.1, 0.15) is 6.10 Å². The lowest BCUT2D eigenvalue weighted by Gasteiger charge is -2.28. The summed E-state index contributed by atoms with van der Waals surface area (Å²) in [4.78, 5) is 23.9. The topological polar surface area (TPSA) is 76.1 Å². The van der Waals surface area contributed by atoms with Crippen molar-refractivity contribution in [3.63, 3.8) is 0 Å². The minimum atomic E-state index is -1.31. The zero-order valence-corrected chi connectivity index (χ0v) is 8.64. The summed E-state index contributed by atoms with van der Waals surface area (Å²) in [6.07, 6.45) is -1.61. The third-order valence-corrected chi connectivity index (χ3v) is 2.20. The number of morpholine rings is 1. The maximum atomic E-state index is 11.6. The van der Waals surface area contributed by atoms with E-state index in [2.05, 4.69) is 4.74 Å². The van der Waals surface area contributed by atoms with E-state index < -0.39 is 18.0 Å². The van der Waals surface area contributed by atoms with Crippen LogP contribution in [-0.2, 0) is 19.1 Å². The van der Waals surface area contributed by atoms with Crippen molar-refractivity contribution in [3.8, 4) is 0 Å². The molecule has 1 aliphatic heterocycles. The van der Waals surface area contributed by atoms with E-state index in [0.29, 0.717) is 26.3 Å². The molecule has 0 saturated carbocycles. The van der Waals surface area contributed by atoms with E-state index in [0.717, 1.165) is 0 Å². The summed E-state index contributed by atoms with van der Waals surface area (Å²) in [5, 5.41) is 9.44. The molecular formula is C9H15NO5. The van der Waals surface area contributed by atoms with Gasteiger partial charge in [-0.05, 0) is 0 Å². The number of methoxy groups -OCH3 is 1. The summed E-state index contributed by atoms with van der Waals surface area (Å²) in [6.45, 7) is 1.85.